The molecule has 0 saturated carbocycles. The van der Waals surface area contributed by atoms with Gasteiger partial charge in [-0.25, -0.2) is 8.42 Å². The smallest absolute Gasteiger partial charge is 0.261 e. The van der Waals surface area contributed by atoms with E-state index in [2.05, 4.69) is 10.0 Å². The van der Waals surface area contributed by atoms with Gasteiger partial charge in [-0.1, -0.05) is 29.8 Å². The van der Waals surface area contributed by atoms with E-state index in [1.54, 1.807) is 48.5 Å². The number of benzene rings is 3. The summed E-state index contributed by atoms with van der Waals surface area (Å²) in [5.41, 5.74) is 2.73. The largest absolute Gasteiger partial charge is 0.491 e. The molecule has 31 heavy (non-hydrogen) atoms. The van der Waals surface area contributed by atoms with Gasteiger partial charge in [0.15, 0.2) is 0 Å². The molecule has 0 saturated heterocycles. The molecule has 0 unspecified atom stereocenters. The Morgan fingerprint density at radius 3 is 2.29 bits per heavy atom. The second-order valence-corrected chi connectivity index (χ2v) is 9.17. The van der Waals surface area contributed by atoms with Gasteiger partial charge in [-0.3, -0.25) is 9.52 Å². The molecule has 162 valence electrons. The van der Waals surface area contributed by atoms with Crippen molar-refractivity contribution in [2.24, 2.45) is 0 Å². The van der Waals surface area contributed by atoms with Crippen molar-refractivity contribution >= 4 is 21.6 Å². The molecule has 0 radical (unpaired) electrons. The van der Waals surface area contributed by atoms with Crippen molar-refractivity contribution in [2.45, 2.75) is 38.3 Å². The van der Waals surface area contributed by atoms with E-state index in [1.807, 2.05) is 45.0 Å². The number of hydrogen-bond donors (Lipinski definition) is 2. The van der Waals surface area contributed by atoms with Gasteiger partial charge in [0.05, 0.1) is 11.0 Å². The minimum atomic E-state index is -3.68. The molecule has 0 bridgehead atoms. The van der Waals surface area contributed by atoms with Crippen LogP contribution < -0.4 is 14.8 Å². The molecular weight excluding hydrogens is 412 g/mol. The fraction of sp³-hybridized carbons (Fsp3) is 0.208. The molecule has 7 heteroatoms. The molecule has 0 atom stereocenters. The van der Waals surface area contributed by atoms with Crippen LogP contribution >= 0.6 is 0 Å². The van der Waals surface area contributed by atoms with E-state index in [-0.39, 0.29) is 16.9 Å². The summed E-state index contributed by atoms with van der Waals surface area (Å²) >= 11 is 0. The molecule has 6 nitrogen and oxygen atoms in total. The van der Waals surface area contributed by atoms with E-state index in [4.69, 9.17) is 4.74 Å². The molecular formula is C24H26N2O4S. The average molecular weight is 439 g/mol. The predicted molar refractivity (Wildman–Crippen MR) is 122 cm³/mol. The van der Waals surface area contributed by atoms with Gasteiger partial charge in [-0.2, -0.15) is 0 Å². The monoisotopic (exact) mass is 438 g/mol. The molecule has 3 rings (SSSR count). The van der Waals surface area contributed by atoms with Gasteiger partial charge in [0.1, 0.15) is 5.75 Å². The fourth-order valence-electron chi connectivity index (χ4n) is 2.91. The Labute approximate surface area is 183 Å². The van der Waals surface area contributed by atoms with E-state index in [9.17, 15) is 13.2 Å². The van der Waals surface area contributed by atoms with Crippen molar-refractivity contribution in [2.75, 3.05) is 4.72 Å². The molecule has 0 aliphatic carbocycles. The van der Waals surface area contributed by atoms with Crippen LogP contribution in [-0.4, -0.2) is 20.4 Å². The predicted octanol–water partition coefficient (Wildman–Crippen LogP) is 4.51. The zero-order valence-electron chi connectivity index (χ0n) is 17.8. The molecule has 0 aliphatic heterocycles. The van der Waals surface area contributed by atoms with Gasteiger partial charge in [-0.05, 0) is 74.9 Å². The molecule has 0 heterocycles. The highest BCUT2D eigenvalue weighted by Gasteiger charge is 2.14. The molecule has 0 aromatic heterocycles. The Morgan fingerprint density at radius 2 is 1.65 bits per heavy atom. The standard InChI is InChI=1S/C24H26N2O4S/c1-17(2)30-22-6-4-5-19(15-22)16-25-24(27)20-9-11-21(12-10-20)26-31(28,29)23-13-7-18(3)8-14-23/h4-15,17,26H,16H2,1-3H3,(H,25,27). The van der Waals surface area contributed by atoms with Crippen LogP contribution in [-0.2, 0) is 16.6 Å². The summed E-state index contributed by atoms with van der Waals surface area (Å²) < 4.78 is 33.2. The molecule has 0 fully saturated rings. The summed E-state index contributed by atoms with van der Waals surface area (Å²) in [7, 11) is -3.68. The van der Waals surface area contributed by atoms with E-state index >= 15 is 0 Å². The van der Waals surface area contributed by atoms with E-state index < -0.39 is 10.0 Å². The van der Waals surface area contributed by atoms with E-state index in [0.29, 0.717) is 17.8 Å². The van der Waals surface area contributed by atoms with E-state index in [0.717, 1.165) is 16.9 Å². The summed E-state index contributed by atoms with van der Waals surface area (Å²) in [6, 6.07) is 20.5. The Kier molecular flexibility index (Phi) is 6.97. The minimum absolute atomic E-state index is 0.0757. The van der Waals surface area contributed by atoms with Gasteiger partial charge in [0, 0.05) is 17.8 Å². The quantitative estimate of drug-likeness (QED) is 0.542. The number of amides is 1. The maximum Gasteiger partial charge on any atom is 0.261 e. The summed E-state index contributed by atoms with van der Waals surface area (Å²) in [5, 5.41) is 2.86. The first-order chi connectivity index (χ1) is 14.7. The lowest BCUT2D eigenvalue weighted by molar-refractivity contribution is 0.0951. The third-order valence-electron chi connectivity index (χ3n) is 4.45. The average Bonchev–Trinajstić information content (AvgIpc) is 2.72. The lowest BCUT2D eigenvalue weighted by Crippen LogP contribution is -2.22. The number of nitrogens with one attached hydrogen (secondary N) is 2. The number of carbonyl (C=O) groups excluding carboxylic acids is 1. The zero-order valence-corrected chi connectivity index (χ0v) is 18.6. The van der Waals surface area contributed by atoms with Gasteiger partial charge in [-0.15, -0.1) is 0 Å². The molecule has 1 amide bonds. The van der Waals surface area contributed by atoms with Crippen molar-refractivity contribution in [3.63, 3.8) is 0 Å². The third-order valence-corrected chi connectivity index (χ3v) is 5.85. The normalized spacial score (nSPS) is 11.2. The summed E-state index contributed by atoms with van der Waals surface area (Å²) in [5.74, 6) is 0.509. The second-order valence-electron chi connectivity index (χ2n) is 7.49. The zero-order chi connectivity index (χ0) is 22.4. The van der Waals surface area contributed by atoms with Crippen molar-refractivity contribution in [3.8, 4) is 5.75 Å². The SMILES string of the molecule is Cc1ccc(S(=O)(=O)Nc2ccc(C(=O)NCc3cccc(OC(C)C)c3)cc2)cc1. The highest BCUT2D eigenvalue weighted by Crippen LogP contribution is 2.18. The maximum absolute atomic E-state index is 12.5. The molecule has 3 aromatic rings. The van der Waals surface area contributed by atoms with Gasteiger partial charge >= 0.3 is 0 Å². The summed E-state index contributed by atoms with van der Waals surface area (Å²) in [6.45, 7) is 6.16. The van der Waals surface area contributed by atoms with Crippen molar-refractivity contribution in [1.29, 1.82) is 0 Å². The Balaban J connectivity index is 1.61. The topological polar surface area (TPSA) is 84.5 Å². The summed E-state index contributed by atoms with van der Waals surface area (Å²) in [6.07, 6.45) is 0.0757. The number of hydrogen-bond acceptors (Lipinski definition) is 4. The lowest BCUT2D eigenvalue weighted by Gasteiger charge is -2.12. The first-order valence-corrected chi connectivity index (χ1v) is 11.4. The van der Waals surface area contributed by atoms with Crippen LogP contribution in [0.15, 0.2) is 77.7 Å². The Hall–Kier alpha value is -3.32. The van der Waals surface area contributed by atoms with Crippen LogP contribution in [0.2, 0.25) is 0 Å². The third kappa shape index (κ3) is 6.33. The number of aryl methyl sites for hydroxylation is 1. The lowest BCUT2D eigenvalue weighted by atomic mass is 10.1. The second kappa shape index (κ2) is 9.66. The Bertz CT molecular complexity index is 1140. The Morgan fingerprint density at radius 1 is 0.968 bits per heavy atom. The molecule has 3 aromatic carbocycles. The highest BCUT2D eigenvalue weighted by molar-refractivity contribution is 7.92. The number of anilines is 1. The summed E-state index contributed by atoms with van der Waals surface area (Å²) in [4.78, 5) is 12.6. The van der Waals surface area contributed by atoms with Crippen LogP contribution in [0.25, 0.3) is 0 Å². The van der Waals surface area contributed by atoms with Crippen LogP contribution in [0.3, 0.4) is 0 Å². The highest BCUT2D eigenvalue weighted by atomic mass is 32.2. The molecule has 0 aliphatic rings. The van der Waals surface area contributed by atoms with Crippen LogP contribution in [0, 0.1) is 6.92 Å². The number of sulfonamides is 1. The maximum atomic E-state index is 12.5. The first kappa shape index (κ1) is 22.4. The first-order valence-electron chi connectivity index (χ1n) is 9.96. The van der Waals surface area contributed by atoms with Crippen LogP contribution in [0.4, 0.5) is 5.69 Å². The minimum Gasteiger partial charge on any atom is -0.491 e. The van der Waals surface area contributed by atoms with Crippen molar-refractivity contribution in [1.82, 2.24) is 5.32 Å². The molecule has 2 N–H and O–H groups in total. The van der Waals surface area contributed by atoms with E-state index in [1.165, 1.54) is 0 Å². The van der Waals surface area contributed by atoms with Crippen LogP contribution in [0.5, 0.6) is 5.75 Å². The van der Waals surface area contributed by atoms with Gasteiger partial charge in [0.25, 0.3) is 15.9 Å². The number of carbonyl (C=O) groups is 1. The number of ether oxygens (including phenoxy) is 1. The van der Waals surface area contributed by atoms with Gasteiger partial charge < -0.3 is 10.1 Å². The van der Waals surface area contributed by atoms with Crippen molar-refractivity contribution < 1.29 is 17.9 Å². The van der Waals surface area contributed by atoms with Crippen molar-refractivity contribution in [3.05, 3.63) is 89.5 Å². The number of rotatable bonds is 8. The fourth-order valence-corrected chi connectivity index (χ4v) is 3.97. The molecule has 0 spiro atoms. The van der Waals surface area contributed by atoms with Gasteiger partial charge in [0.2, 0.25) is 0 Å². The van der Waals surface area contributed by atoms with Crippen LogP contribution in [0.1, 0.15) is 35.3 Å².